The van der Waals surface area contributed by atoms with Crippen molar-refractivity contribution in [2.75, 3.05) is 17.3 Å². The van der Waals surface area contributed by atoms with Crippen molar-refractivity contribution in [3.05, 3.63) is 69.3 Å². The second kappa shape index (κ2) is 6.57. The smallest absolute Gasteiger partial charge is 0.163 e. The van der Waals surface area contributed by atoms with Crippen molar-refractivity contribution < 1.29 is 4.79 Å². The molecule has 0 radical (unpaired) electrons. The predicted octanol–water partition coefficient (Wildman–Crippen LogP) is 6.24. The minimum atomic E-state index is -0.260. The van der Waals surface area contributed by atoms with Gasteiger partial charge in [0.15, 0.2) is 5.78 Å². The van der Waals surface area contributed by atoms with Crippen LogP contribution in [0.25, 0.3) is 0 Å². The molecular weight excluding hydrogens is 379 g/mol. The topological polar surface area (TPSA) is 32.3 Å². The Morgan fingerprint density at radius 3 is 2.59 bits per heavy atom. The van der Waals surface area contributed by atoms with Gasteiger partial charge in [-0.2, -0.15) is 0 Å². The van der Waals surface area contributed by atoms with Gasteiger partial charge in [-0.1, -0.05) is 55.2 Å². The van der Waals surface area contributed by atoms with Gasteiger partial charge in [-0.15, -0.1) is 0 Å². The highest BCUT2D eigenvalue weighted by molar-refractivity contribution is 6.35. The maximum absolute atomic E-state index is 13.3. The van der Waals surface area contributed by atoms with E-state index in [4.69, 9.17) is 23.2 Å². The van der Waals surface area contributed by atoms with Crippen LogP contribution in [0.4, 0.5) is 11.4 Å². The highest BCUT2D eigenvalue weighted by Gasteiger charge is 2.41. The molecule has 1 unspecified atom stereocenters. The van der Waals surface area contributed by atoms with E-state index in [1.165, 1.54) is 0 Å². The van der Waals surface area contributed by atoms with E-state index in [0.717, 1.165) is 34.6 Å². The lowest BCUT2D eigenvalue weighted by Crippen LogP contribution is -2.34. The number of allylic oxidation sites excluding steroid dienone is 1. The molecule has 5 heteroatoms. The van der Waals surface area contributed by atoms with Crippen LogP contribution in [0.3, 0.4) is 0 Å². The van der Waals surface area contributed by atoms with Gasteiger partial charge in [-0.25, -0.2) is 0 Å². The molecule has 0 saturated carbocycles. The van der Waals surface area contributed by atoms with Gasteiger partial charge in [0.05, 0.1) is 17.4 Å². The number of carbonyl (C=O) groups is 1. The number of anilines is 2. The third kappa shape index (κ3) is 3.24. The highest BCUT2D eigenvalue weighted by atomic mass is 35.5. The maximum Gasteiger partial charge on any atom is 0.163 e. The van der Waals surface area contributed by atoms with Gasteiger partial charge in [-0.05, 0) is 41.7 Å². The molecule has 2 aliphatic rings. The first-order chi connectivity index (χ1) is 12.8. The Balaban J connectivity index is 1.97. The molecule has 0 amide bonds. The zero-order valence-corrected chi connectivity index (χ0v) is 17.2. The molecule has 1 aliphatic heterocycles. The number of ketones is 1. The summed E-state index contributed by atoms with van der Waals surface area (Å²) >= 11 is 12.7. The number of rotatable bonds is 1. The number of fused-ring (bicyclic) bond motifs is 1. The number of nitrogens with one attached hydrogen (secondary N) is 1. The van der Waals surface area contributed by atoms with E-state index in [1.54, 1.807) is 6.07 Å². The average molecular weight is 401 g/mol. The minimum Gasteiger partial charge on any atom is -0.362 e. The summed E-state index contributed by atoms with van der Waals surface area (Å²) in [6.07, 6.45) is 1.34. The first-order valence-corrected chi connectivity index (χ1v) is 9.82. The highest BCUT2D eigenvalue weighted by Crippen LogP contribution is 2.48. The summed E-state index contributed by atoms with van der Waals surface area (Å²) in [7, 11) is 2.01. The predicted molar refractivity (Wildman–Crippen MR) is 113 cm³/mol. The Labute approximate surface area is 170 Å². The van der Waals surface area contributed by atoms with Crippen molar-refractivity contribution in [3.63, 3.8) is 0 Å². The Kier molecular flexibility index (Phi) is 4.48. The largest absolute Gasteiger partial charge is 0.362 e. The summed E-state index contributed by atoms with van der Waals surface area (Å²) in [5, 5.41) is 4.72. The van der Waals surface area contributed by atoms with Gasteiger partial charge in [0.1, 0.15) is 0 Å². The number of benzene rings is 2. The molecule has 1 aliphatic carbocycles. The molecule has 1 N–H and O–H groups in total. The van der Waals surface area contributed by atoms with E-state index in [0.29, 0.717) is 16.5 Å². The molecule has 0 fully saturated rings. The zero-order chi connectivity index (χ0) is 19.3. The van der Waals surface area contributed by atoms with E-state index < -0.39 is 0 Å². The van der Waals surface area contributed by atoms with Gasteiger partial charge < -0.3 is 10.2 Å². The van der Waals surface area contributed by atoms with Crippen LogP contribution in [-0.4, -0.2) is 12.8 Å². The second-order valence-corrected chi connectivity index (χ2v) is 9.00. The van der Waals surface area contributed by atoms with Gasteiger partial charge in [0.2, 0.25) is 0 Å². The van der Waals surface area contributed by atoms with Crippen molar-refractivity contribution in [1.29, 1.82) is 0 Å². The summed E-state index contributed by atoms with van der Waals surface area (Å²) in [6, 6.07) is 13.4. The first-order valence-electron chi connectivity index (χ1n) is 9.07. The molecular formula is C22H22Cl2N2O. The molecule has 0 aromatic heterocycles. The lowest BCUT2D eigenvalue weighted by atomic mass is 9.73. The van der Waals surface area contributed by atoms with Gasteiger partial charge in [0, 0.05) is 34.8 Å². The number of para-hydroxylation sites is 2. The first kappa shape index (κ1) is 18.4. The number of Topliss-reactive ketones (excluding diaryl/α,β-unsaturated/α-hetero) is 1. The molecule has 140 valence electrons. The van der Waals surface area contributed by atoms with Gasteiger partial charge in [-0.3, -0.25) is 4.79 Å². The summed E-state index contributed by atoms with van der Waals surface area (Å²) in [5.41, 5.74) is 4.65. The molecule has 4 rings (SSSR count). The third-order valence-corrected chi connectivity index (χ3v) is 5.97. The zero-order valence-electron chi connectivity index (χ0n) is 15.6. The quantitative estimate of drug-likeness (QED) is 0.614. The van der Waals surface area contributed by atoms with E-state index in [-0.39, 0.29) is 17.2 Å². The molecule has 0 spiro atoms. The Bertz CT molecular complexity index is 965. The molecule has 1 atom stereocenters. The fourth-order valence-electron chi connectivity index (χ4n) is 4.23. The molecule has 27 heavy (non-hydrogen) atoms. The van der Waals surface area contributed by atoms with Crippen molar-refractivity contribution in [1.82, 2.24) is 0 Å². The van der Waals surface area contributed by atoms with Crippen molar-refractivity contribution in [2.24, 2.45) is 5.41 Å². The molecule has 2 aromatic carbocycles. The third-order valence-electron chi connectivity index (χ3n) is 5.41. The van der Waals surface area contributed by atoms with Crippen LogP contribution < -0.4 is 10.2 Å². The molecule has 1 heterocycles. The average Bonchev–Trinajstić information content (AvgIpc) is 2.69. The van der Waals surface area contributed by atoms with Crippen LogP contribution in [0.15, 0.2) is 53.7 Å². The fraction of sp³-hybridized carbons (Fsp3) is 0.318. The summed E-state index contributed by atoms with van der Waals surface area (Å²) in [5.74, 6) is 0.171. The normalized spacial score (nSPS) is 21.3. The van der Waals surface area contributed by atoms with Crippen LogP contribution >= 0.6 is 23.2 Å². The molecule has 2 aromatic rings. The number of nitrogens with zero attached hydrogens (tertiary/aromatic N) is 1. The van der Waals surface area contributed by atoms with E-state index in [9.17, 15) is 4.79 Å². The molecule has 0 bridgehead atoms. The van der Waals surface area contributed by atoms with Gasteiger partial charge >= 0.3 is 0 Å². The van der Waals surface area contributed by atoms with Crippen molar-refractivity contribution in [3.8, 4) is 0 Å². The maximum atomic E-state index is 13.3. The van der Waals surface area contributed by atoms with Crippen molar-refractivity contribution in [2.45, 2.75) is 32.7 Å². The van der Waals surface area contributed by atoms with Crippen LogP contribution in [0.1, 0.15) is 38.3 Å². The Hall–Kier alpha value is -1.97. The monoisotopic (exact) mass is 400 g/mol. The fourth-order valence-corrected chi connectivity index (χ4v) is 4.74. The van der Waals surface area contributed by atoms with Crippen molar-refractivity contribution >= 4 is 40.4 Å². The summed E-state index contributed by atoms with van der Waals surface area (Å²) < 4.78 is 0. The Morgan fingerprint density at radius 1 is 1.11 bits per heavy atom. The van der Waals surface area contributed by atoms with Gasteiger partial charge in [0.25, 0.3) is 0 Å². The van der Waals surface area contributed by atoms with Crippen LogP contribution in [0.2, 0.25) is 10.0 Å². The summed E-state index contributed by atoms with van der Waals surface area (Å²) in [6.45, 7) is 4.28. The number of carbonyl (C=O) groups excluding carboxylic acids is 1. The number of hydrogen-bond donors (Lipinski definition) is 1. The van der Waals surface area contributed by atoms with E-state index in [1.807, 2.05) is 37.4 Å². The minimum absolute atomic E-state index is 0.0743. The molecule has 0 saturated heterocycles. The second-order valence-electron chi connectivity index (χ2n) is 8.15. The number of likely N-dealkylation sites (N-methyl/N-ethyl adjacent to an activating group) is 1. The van der Waals surface area contributed by atoms with E-state index in [2.05, 4.69) is 30.1 Å². The number of hydrogen-bond acceptors (Lipinski definition) is 3. The number of halogens is 2. The molecule has 3 nitrogen and oxygen atoms in total. The van der Waals surface area contributed by atoms with Crippen LogP contribution in [0.5, 0.6) is 0 Å². The summed E-state index contributed by atoms with van der Waals surface area (Å²) in [4.78, 5) is 15.4. The lowest BCUT2D eigenvalue weighted by molar-refractivity contribution is -0.118. The van der Waals surface area contributed by atoms with Crippen LogP contribution in [-0.2, 0) is 4.79 Å². The standard InChI is InChI=1S/C22H22Cl2N2O/c1-22(2)11-17-20(19(27)12-22)21(14-9-8-13(23)10-15(14)24)26(3)18-7-5-4-6-16(18)25-17/h4-10,21,25H,11-12H2,1-3H3. The lowest BCUT2D eigenvalue weighted by Gasteiger charge is -2.36. The van der Waals surface area contributed by atoms with Crippen LogP contribution in [0, 0.1) is 5.41 Å². The van der Waals surface area contributed by atoms with E-state index >= 15 is 0 Å². The SMILES string of the molecule is CN1c2ccccc2NC2=C(C(=O)CC(C)(C)C2)C1c1ccc(Cl)cc1Cl. The Morgan fingerprint density at radius 2 is 1.85 bits per heavy atom.